The second-order valence-corrected chi connectivity index (χ2v) is 6.51. The Balaban J connectivity index is 1.93. The minimum Gasteiger partial charge on any atom is -0.493 e. The van der Waals surface area contributed by atoms with Gasteiger partial charge in [-0.25, -0.2) is 5.43 Å². The summed E-state index contributed by atoms with van der Waals surface area (Å²) in [6.45, 7) is 2.75. The van der Waals surface area contributed by atoms with Gasteiger partial charge in [-0.05, 0) is 36.2 Å². The molecule has 2 N–H and O–H groups in total. The summed E-state index contributed by atoms with van der Waals surface area (Å²) in [4.78, 5) is 23.2. The maximum Gasteiger partial charge on any atom is 0.329 e. The van der Waals surface area contributed by atoms with E-state index in [-0.39, 0.29) is 0 Å². The van der Waals surface area contributed by atoms with Crippen LogP contribution < -0.4 is 20.2 Å². The summed E-state index contributed by atoms with van der Waals surface area (Å²) in [5.74, 6) is -0.478. The fourth-order valence-electron chi connectivity index (χ4n) is 2.33. The molecule has 8 heteroatoms. The molecule has 0 saturated heterocycles. The molecule has 154 valence electrons. The number of carbonyl (C=O) groups excluding carboxylic acids is 2. The zero-order chi connectivity index (χ0) is 21.1. The van der Waals surface area contributed by atoms with Crippen LogP contribution in [0.1, 0.15) is 30.9 Å². The highest BCUT2D eigenvalue weighted by Gasteiger charge is 2.11. The molecule has 0 aliphatic heterocycles. The summed E-state index contributed by atoms with van der Waals surface area (Å²) >= 11 is 6.14. The molecule has 0 unspecified atom stereocenters. The van der Waals surface area contributed by atoms with Gasteiger partial charge in [0, 0.05) is 17.1 Å². The van der Waals surface area contributed by atoms with E-state index in [1.807, 2.05) is 25.1 Å². The smallest absolute Gasteiger partial charge is 0.329 e. The third kappa shape index (κ3) is 7.12. The van der Waals surface area contributed by atoms with E-state index < -0.39 is 11.8 Å². The van der Waals surface area contributed by atoms with Crippen molar-refractivity contribution in [3.63, 3.8) is 0 Å². The van der Waals surface area contributed by atoms with Crippen molar-refractivity contribution >= 4 is 29.6 Å². The van der Waals surface area contributed by atoms with Crippen LogP contribution in [0.4, 0.5) is 0 Å². The molecule has 2 rings (SSSR count). The Morgan fingerprint density at radius 2 is 1.93 bits per heavy atom. The van der Waals surface area contributed by atoms with Gasteiger partial charge in [-0.15, -0.1) is 0 Å². The summed E-state index contributed by atoms with van der Waals surface area (Å²) < 4.78 is 11.1. The standard InChI is InChI=1S/C21H24ClN3O4/c1-3-4-11-23-20(26)21(27)25-24-13-15-9-10-18(19(12-15)28-2)29-14-16-7-5-6-8-17(16)22/h5-10,12-13H,3-4,11,14H2,1-2H3,(H,23,26)(H,25,27)/b24-13-. The van der Waals surface area contributed by atoms with Crippen molar-refractivity contribution in [1.82, 2.24) is 10.7 Å². The quantitative estimate of drug-likeness (QED) is 0.283. The lowest BCUT2D eigenvalue weighted by Crippen LogP contribution is -2.38. The highest BCUT2D eigenvalue weighted by molar-refractivity contribution is 6.35. The lowest BCUT2D eigenvalue weighted by Gasteiger charge is -2.12. The van der Waals surface area contributed by atoms with Gasteiger partial charge in [0.05, 0.1) is 13.3 Å². The van der Waals surface area contributed by atoms with Gasteiger partial charge < -0.3 is 14.8 Å². The van der Waals surface area contributed by atoms with E-state index in [2.05, 4.69) is 15.8 Å². The Morgan fingerprint density at radius 3 is 2.66 bits per heavy atom. The number of halogens is 1. The van der Waals surface area contributed by atoms with Crippen LogP contribution in [0.2, 0.25) is 5.02 Å². The maximum absolute atomic E-state index is 11.7. The number of hydrogen-bond acceptors (Lipinski definition) is 5. The number of rotatable bonds is 9. The van der Waals surface area contributed by atoms with Crippen molar-refractivity contribution in [2.75, 3.05) is 13.7 Å². The normalized spacial score (nSPS) is 10.6. The predicted molar refractivity (Wildman–Crippen MR) is 112 cm³/mol. The molecule has 2 amide bonds. The molecule has 0 bridgehead atoms. The van der Waals surface area contributed by atoms with Crippen LogP contribution in [0.5, 0.6) is 11.5 Å². The summed E-state index contributed by atoms with van der Waals surface area (Å²) in [6.07, 6.45) is 3.16. The molecule has 2 aromatic carbocycles. The van der Waals surface area contributed by atoms with Gasteiger partial charge in [0.25, 0.3) is 0 Å². The summed E-state index contributed by atoms with van der Waals surface area (Å²) in [5.41, 5.74) is 3.72. The number of hydrogen-bond donors (Lipinski definition) is 2. The molecule has 2 aromatic rings. The van der Waals surface area contributed by atoms with E-state index in [4.69, 9.17) is 21.1 Å². The average Bonchev–Trinajstić information content (AvgIpc) is 2.73. The zero-order valence-corrected chi connectivity index (χ0v) is 17.2. The van der Waals surface area contributed by atoms with E-state index in [9.17, 15) is 9.59 Å². The molecule has 0 aliphatic carbocycles. The van der Waals surface area contributed by atoms with Crippen LogP contribution in [0.15, 0.2) is 47.6 Å². The zero-order valence-electron chi connectivity index (χ0n) is 16.4. The SMILES string of the molecule is CCCCNC(=O)C(=O)N/N=C\c1ccc(OCc2ccccc2Cl)c(OC)c1. The molecule has 0 aromatic heterocycles. The van der Waals surface area contributed by atoms with Gasteiger partial charge in [0.2, 0.25) is 0 Å². The van der Waals surface area contributed by atoms with Crippen molar-refractivity contribution in [3.8, 4) is 11.5 Å². The Kier molecular flexibility index (Phi) is 8.98. The van der Waals surface area contributed by atoms with Gasteiger partial charge in [-0.3, -0.25) is 9.59 Å². The van der Waals surface area contributed by atoms with E-state index in [1.165, 1.54) is 13.3 Å². The Morgan fingerprint density at radius 1 is 1.14 bits per heavy atom. The van der Waals surface area contributed by atoms with Gasteiger partial charge in [-0.2, -0.15) is 5.10 Å². The number of benzene rings is 2. The third-order valence-electron chi connectivity index (χ3n) is 3.93. The minimum atomic E-state index is -0.816. The molecule has 0 spiro atoms. The van der Waals surface area contributed by atoms with Crippen molar-refractivity contribution in [2.24, 2.45) is 5.10 Å². The fourth-order valence-corrected chi connectivity index (χ4v) is 2.52. The van der Waals surface area contributed by atoms with Crippen LogP contribution in [0, 0.1) is 0 Å². The van der Waals surface area contributed by atoms with Gasteiger partial charge in [-0.1, -0.05) is 43.1 Å². The molecular weight excluding hydrogens is 394 g/mol. The lowest BCUT2D eigenvalue weighted by atomic mass is 10.2. The third-order valence-corrected chi connectivity index (χ3v) is 4.30. The molecule has 0 saturated carbocycles. The number of ether oxygens (including phenoxy) is 2. The van der Waals surface area contributed by atoms with Gasteiger partial charge in [0.15, 0.2) is 11.5 Å². The van der Waals surface area contributed by atoms with E-state index in [0.29, 0.717) is 35.2 Å². The largest absolute Gasteiger partial charge is 0.493 e. The topological polar surface area (TPSA) is 89.0 Å². The van der Waals surface area contributed by atoms with Crippen LogP contribution in [0.25, 0.3) is 0 Å². The predicted octanol–water partition coefficient (Wildman–Crippen LogP) is 3.29. The number of carbonyl (C=O) groups is 2. The van der Waals surface area contributed by atoms with E-state index >= 15 is 0 Å². The van der Waals surface area contributed by atoms with Gasteiger partial charge in [0.1, 0.15) is 6.61 Å². The molecule has 0 aliphatic rings. The second-order valence-electron chi connectivity index (χ2n) is 6.10. The number of unbranched alkanes of at least 4 members (excludes halogenated alkanes) is 1. The van der Waals surface area contributed by atoms with Crippen molar-refractivity contribution < 1.29 is 19.1 Å². The highest BCUT2D eigenvalue weighted by Crippen LogP contribution is 2.29. The first-order valence-electron chi connectivity index (χ1n) is 9.20. The first kappa shape index (κ1) is 22.2. The summed E-state index contributed by atoms with van der Waals surface area (Å²) in [5, 5.41) is 6.95. The number of nitrogens with one attached hydrogen (secondary N) is 2. The number of methoxy groups -OCH3 is 1. The molecule has 7 nitrogen and oxygen atoms in total. The molecular formula is C21H24ClN3O4. The number of amides is 2. The summed E-state index contributed by atoms with van der Waals surface area (Å²) in [7, 11) is 1.53. The number of hydrazone groups is 1. The van der Waals surface area contributed by atoms with Crippen LogP contribution in [0.3, 0.4) is 0 Å². The average molecular weight is 418 g/mol. The maximum atomic E-state index is 11.7. The Labute approximate surface area is 175 Å². The minimum absolute atomic E-state index is 0.298. The van der Waals surface area contributed by atoms with Crippen LogP contribution in [-0.4, -0.2) is 31.7 Å². The Bertz CT molecular complexity index is 871. The second kappa shape index (κ2) is 11.7. The van der Waals surface area contributed by atoms with E-state index in [0.717, 1.165) is 18.4 Å². The van der Waals surface area contributed by atoms with Crippen LogP contribution in [-0.2, 0) is 16.2 Å². The highest BCUT2D eigenvalue weighted by atomic mass is 35.5. The molecule has 0 radical (unpaired) electrons. The first-order valence-corrected chi connectivity index (χ1v) is 9.58. The molecule has 29 heavy (non-hydrogen) atoms. The van der Waals surface area contributed by atoms with Crippen molar-refractivity contribution in [2.45, 2.75) is 26.4 Å². The van der Waals surface area contributed by atoms with Crippen LogP contribution >= 0.6 is 11.6 Å². The van der Waals surface area contributed by atoms with Gasteiger partial charge >= 0.3 is 11.8 Å². The van der Waals surface area contributed by atoms with E-state index in [1.54, 1.807) is 24.3 Å². The lowest BCUT2D eigenvalue weighted by molar-refractivity contribution is -0.139. The molecule has 0 heterocycles. The summed E-state index contributed by atoms with van der Waals surface area (Å²) in [6, 6.07) is 12.6. The van der Waals surface area contributed by atoms with Crippen molar-refractivity contribution in [1.29, 1.82) is 0 Å². The monoisotopic (exact) mass is 417 g/mol. The Hall–Kier alpha value is -3.06. The first-order chi connectivity index (χ1) is 14.0. The molecule has 0 fully saturated rings. The number of nitrogens with zero attached hydrogens (tertiary/aromatic N) is 1. The molecule has 0 atom stereocenters. The fraction of sp³-hybridized carbons (Fsp3) is 0.286. The van der Waals surface area contributed by atoms with Crippen molar-refractivity contribution in [3.05, 3.63) is 58.6 Å².